The van der Waals surface area contributed by atoms with Gasteiger partial charge in [0.1, 0.15) is 17.4 Å². The van der Waals surface area contributed by atoms with Crippen molar-refractivity contribution >= 4 is 28.7 Å². The molecule has 0 unspecified atom stereocenters. The molecule has 4 aromatic rings. The van der Waals surface area contributed by atoms with Crippen molar-refractivity contribution in [2.45, 2.75) is 38.8 Å². The Kier molecular flexibility index (Phi) is 7.19. The van der Waals surface area contributed by atoms with Gasteiger partial charge in [0.2, 0.25) is 17.7 Å². The summed E-state index contributed by atoms with van der Waals surface area (Å²) in [6.07, 6.45) is 4.46. The summed E-state index contributed by atoms with van der Waals surface area (Å²) in [5, 5.41) is 7.35. The molecule has 2 amide bonds. The number of nitrogens with zero attached hydrogens (tertiary/aromatic N) is 2. The number of aromatic nitrogens is 2. The summed E-state index contributed by atoms with van der Waals surface area (Å²) in [7, 11) is 1.58. The Morgan fingerprint density at radius 2 is 1.81 bits per heavy atom. The van der Waals surface area contributed by atoms with Crippen LogP contribution in [0, 0.1) is 0 Å². The van der Waals surface area contributed by atoms with Gasteiger partial charge in [-0.05, 0) is 62.1 Å². The van der Waals surface area contributed by atoms with E-state index in [9.17, 15) is 9.59 Å². The number of rotatable bonds is 7. The van der Waals surface area contributed by atoms with E-state index >= 15 is 0 Å². The average Bonchev–Trinajstić information content (AvgIpc) is 3.31. The predicted octanol–water partition coefficient (Wildman–Crippen LogP) is 4.97. The van der Waals surface area contributed by atoms with Gasteiger partial charge in [0, 0.05) is 29.8 Å². The number of carbonyl (C=O) groups excluding carboxylic acids is 2. The van der Waals surface area contributed by atoms with Gasteiger partial charge in [-0.25, -0.2) is 9.78 Å². The molecule has 9 nitrogen and oxygen atoms in total. The van der Waals surface area contributed by atoms with Gasteiger partial charge in [-0.2, -0.15) is 0 Å². The molecule has 0 saturated carbocycles. The quantitative estimate of drug-likeness (QED) is 0.377. The molecule has 186 valence electrons. The topological polar surface area (TPSA) is 116 Å². The zero-order valence-corrected chi connectivity index (χ0v) is 20.6. The van der Waals surface area contributed by atoms with E-state index in [0.717, 1.165) is 21.9 Å². The number of nitrogens with one attached hydrogen (secondary N) is 2. The van der Waals surface area contributed by atoms with Gasteiger partial charge in [-0.15, -0.1) is 0 Å². The highest BCUT2D eigenvalue weighted by atomic mass is 16.6. The summed E-state index contributed by atoms with van der Waals surface area (Å²) in [5.74, 6) is 0.745. The van der Waals surface area contributed by atoms with Crippen molar-refractivity contribution in [3.63, 3.8) is 0 Å². The van der Waals surface area contributed by atoms with Crippen molar-refractivity contribution in [2.24, 2.45) is 0 Å². The van der Waals surface area contributed by atoms with Gasteiger partial charge < -0.3 is 19.2 Å². The molecule has 0 aliphatic heterocycles. The fourth-order valence-electron chi connectivity index (χ4n) is 3.55. The summed E-state index contributed by atoms with van der Waals surface area (Å²) in [5.41, 5.74) is 0.882. The van der Waals surface area contributed by atoms with Gasteiger partial charge in [-0.3, -0.25) is 15.1 Å². The van der Waals surface area contributed by atoms with Crippen LogP contribution < -0.4 is 15.4 Å². The van der Waals surface area contributed by atoms with E-state index < -0.39 is 23.6 Å². The van der Waals surface area contributed by atoms with Crippen LogP contribution >= 0.6 is 0 Å². The number of fused-ring (bicyclic) bond motifs is 1. The number of methoxy groups -OCH3 is 1. The molecule has 2 heterocycles. The fourth-order valence-corrected chi connectivity index (χ4v) is 3.55. The largest absolute Gasteiger partial charge is 0.497 e. The van der Waals surface area contributed by atoms with Crippen LogP contribution in [-0.4, -0.2) is 40.7 Å². The van der Waals surface area contributed by atoms with Crippen LogP contribution in [0.15, 0.2) is 71.5 Å². The van der Waals surface area contributed by atoms with Gasteiger partial charge in [0.15, 0.2) is 0 Å². The van der Waals surface area contributed by atoms with Crippen LogP contribution in [0.1, 0.15) is 26.3 Å². The number of pyridine rings is 1. The Hall–Kier alpha value is -4.40. The molecule has 2 aromatic carbocycles. The normalized spacial score (nSPS) is 12.1. The maximum absolute atomic E-state index is 13.2. The Morgan fingerprint density at radius 1 is 1.03 bits per heavy atom. The number of hydrogen-bond donors (Lipinski definition) is 2. The first-order valence-corrected chi connectivity index (χ1v) is 11.4. The number of amides is 2. The summed E-state index contributed by atoms with van der Waals surface area (Å²) >= 11 is 0. The number of anilines is 1. The van der Waals surface area contributed by atoms with Gasteiger partial charge in [0.05, 0.1) is 13.3 Å². The average molecular weight is 489 g/mol. The molecule has 0 fully saturated rings. The lowest BCUT2D eigenvalue weighted by Gasteiger charge is -2.23. The Balaban J connectivity index is 1.50. The Morgan fingerprint density at radius 3 is 2.53 bits per heavy atom. The van der Waals surface area contributed by atoms with Crippen LogP contribution in [0.2, 0.25) is 0 Å². The number of ether oxygens (including phenoxy) is 2. The summed E-state index contributed by atoms with van der Waals surface area (Å²) in [6.45, 7) is 5.26. The first kappa shape index (κ1) is 24.7. The van der Waals surface area contributed by atoms with E-state index in [4.69, 9.17) is 13.9 Å². The maximum atomic E-state index is 13.2. The molecule has 0 radical (unpaired) electrons. The molecule has 0 aliphatic rings. The highest BCUT2D eigenvalue weighted by Crippen LogP contribution is 2.25. The number of alkyl carbamates (subject to hydrolysis) is 1. The van der Waals surface area contributed by atoms with Crippen molar-refractivity contribution in [3.8, 4) is 17.2 Å². The molecule has 2 aromatic heterocycles. The van der Waals surface area contributed by atoms with Crippen LogP contribution in [0.4, 0.5) is 10.7 Å². The monoisotopic (exact) mass is 488 g/mol. The minimum Gasteiger partial charge on any atom is -0.497 e. The maximum Gasteiger partial charge on any atom is 0.408 e. The van der Waals surface area contributed by atoms with E-state index in [2.05, 4.69) is 20.6 Å². The van der Waals surface area contributed by atoms with Gasteiger partial charge in [-0.1, -0.05) is 18.2 Å². The molecule has 0 aliphatic carbocycles. The fraction of sp³-hybridized carbons (Fsp3) is 0.259. The molecule has 9 heteroatoms. The molecular formula is C27H28N4O5. The van der Waals surface area contributed by atoms with Crippen molar-refractivity contribution in [2.75, 3.05) is 12.4 Å². The van der Waals surface area contributed by atoms with Gasteiger partial charge >= 0.3 is 6.09 Å². The number of hydrogen-bond acceptors (Lipinski definition) is 7. The molecule has 2 N–H and O–H groups in total. The summed E-state index contributed by atoms with van der Waals surface area (Å²) in [6, 6.07) is 14.0. The third kappa shape index (κ3) is 6.38. The Bertz CT molecular complexity index is 1360. The second kappa shape index (κ2) is 10.5. The molecule has 36 heavy (non-hydrogen) atoms. The van der Waals surface area contributed by atoms with Crippen molar-refractivity contribution < 1.29 is 23.5 Å². The van der Waals surface area contributed by atoms with Crippen LogP contribution in [0.3, 0.4) is 0 Å². The highest BCUT2D eigenvalue weighted by molar-refractivity contribution is 5.96. The lowest BCUT2D eigenvalue weighted by Crippen LogP contribution is -2.47. The minimum atomic E-state index is -0.921. The number of carbonyl (C=O) groups is 2. The van der Waals surface area contributed by atoms with Crippen molar-refractivity contribution in [1.29, 1.82) is 0 Å². The van der Waals surface area contributed by atoms with E-state index in [-0.39, 0.29) is 12.3 Å². The molecule has 0 bridgehead atoms. The number of oxazole rings is 1. The standard InChI is InChI=1S/C27H28N4O5/c1-27(2,3)36-26(33)30-22(13-17-5-9-21(34-4)10-6-17)24(32)31-23-16-29-25(35-23)19-7-8-20-15-28-12-11-18(20)14-19/h5-12,14-16,22H,13H2,1-4H3,(H,30,33)(H,31,32)/t22-/m0/s1. The van der Waals surface area contributed by atoms with Crippen molar-refractivity contribution in [3.05, 3.63) is 72.7 Å². The van der Waals surface area contributed by atoms with E-state index in [1.54, 1.807) is 52.4 Å². The lowest BCUT2D eigenvalue weighted by molar-refractivity contribution is -0.118. The number of benzene rings is 2. The van der Waals surface area contributed by atoms with Crippen LogP contribution in [0.5, 0.6) is 5.75 Å². The molecular weight excluding hydrogens is 460 g/mol. The zero-order valence-electron chi connectivity index (χ0n) is 20.6. The third-order valence-electron chi connectivity index (χ3n) is 5.25. The van der Waals surface area contributed by atoms with Crippen molar-refractivity contribution in [1.82, 2.24) is 15.3 Å². The third-order valence-corrected chi connectivity index (χ3v) is 5.25. The predicted molar refractivity (Wildman–Crippen MR) is 136 cm³/mol. The first-order chi connectivity index (χ1) is 17.2. The molecule has 1 atom stereocenters. The second-order valence-electron chi connectivity index (χ2n) is 9.21. The summed E-state index contributed by atoms with van der Waals surface area (Å²) < 4.78 is 16.3. The Labute approximate surface area is 208 Å². The van der Waals surface area contributed by atoms with E-state index in [1.165, 1.54) is 6.20 Å². The summed E-state index contributed by atoms with van der Waals surface area (Å²) in [4.78, 5) is 34.0. The van der Waals surface area contributed by atoms with E-state index in [1.807, 2.05) is 36.4 Å². The smallest absolute Gasteiger partial charge is 0.408 e. The van der Waals surface area contributed by atoms with Crippen LogP contribution in [0.25, 0.3) is 22.2 Å². The highest BCUT2D eigenvalue weighted by Gasteiger charge is 2.26. The van der Waals surface area contributed by atoms with Crippen LogP contribution in [-0.2, 0) is 16.0 Å². The SMILES string of the molecule is COc1ccc(C[C@H](NC(=O)OC(C)(C)C)C(=O)Nc2cnc(-c3ccc4cnccc4c3)o2)cc1. The zero-order chi connectivity index (χ0) is 25.7. The molecule has 0 spiro atoms. The molecule has 4 rings (SSSR count). The minimum absolute atomic E-state index is 0.163. The first-order valence-electron chi connectivity index (χ1n) is 11.4. The van der Waals surface area contributed by atoms with E-state index in [0.29, 0.717) is 11.6 Å². The second-order valence-corrected chi connectivity index (χ2v) is 9.21. The van der Waals surface area contributed by atoms with Gasteiger partial charge in [0.25, 0.3) is 0 Å². The lowest BCUT2D eigenvalue weighted by atomic mass is 10.1. The molecule has 0 saturated heterocycles.